The highest BCUT2D eigenvalue weighted by atomic mass is 16.2. The van der Waals surface area contributed by atoms with E-state index in [4.69, 9.17) is 4.98 Å². The summed E-state index contributed by atoms with van der Waals surface area (Å²) in [5.41, 5.74) is 3.32. The number of nitrogens with one attached hydrogen (secondary N) is 2. The first-order valence-corrected chi connectivity index (χ1v) is 17.8. The standard InChI is InChI=1S/C37H38N10O6/c1-21-28-19-39-36(42-32(28)46(24-5-3-4-6-24)35(52)31(21)22(2)48)40-29-10-8-25(18-38-29)44-15-13-43(14-16-44)20-23-7-9-26-27(17-23)34(51)47(33(26)50)45-12-11-30(49)41-37(45)53/h7-10,17-19,24H,3-6,11-16,20H2,1-2H3,(H,41,49,53)(H,38,39,40,42). The van der Waals surface area contributed by atoms with E-state index in [9.17, 15) is 28.8 Å². The fraction of sp³-hybridized carbons (Fsp3) is 0.378. The minimum absolute atomic E-state index is 0.00417. The second kappa shape index (κ2) is 13.5. The molecule has 4 aromatic rings. The summed E-state index contributed by atoms with van der Waals surface area (Å²) in [5.74, 6) is -1.01. The summed E-state index contributed by atoms with van der Waals surface area (Å²) in [6.45, 7) is 6.75. The number of aromatic nitrogens is 4. The first-order chi connectivity index (χ1) is 25.6. The van der Waals surface area contributed by atoms with Crippen molar-refractivity contribution in [3.8, 4) is 0 Å². The van der Waals surface area contributed by atoms with Crippen molar-refractivity contribution >= 4 is 58.0 Å². The summed E-state index contributed by atoms with van der Waals surface area (Å²) in [5, 5.41) is 7.82. The van der Waals surface area contributed by atoms with Gasteiger partial charge in [-0.05, 0) is 62.1 Å². The number of aryl methyl sites for hydroxylation is 1. The van der Waals surface area contributed by atoms with Gasteiger partial charge in [-0.2, -0.15) is 9.99 Å². The summed E-state index contributed by atoms with van der Waals surface area (Å²) >= 11 is 0. The number of amides is 5. The largest absolute Gasteiger partial charge is 0.368 e. The minimum Gasteiger partial charge on any atom is -0.368 e. The van der Waals surface area contributed by atoms with Crippen molar-refractivity contribution in [2.75, 3.05) is 42.9 Å². The molecule has 8 rings (SSSR count). The number of piperazine rings is 1. The van der Waals surface area contributed by atoms with Crippen molar-refractivity contribution in [2.45, 2.75) is 58.5 Å². The van der Waals surface area contributed by atoms with Gasteiger partial charge in [0, 0.05) is 56.8 Å². The van der Waals surface area contributed by atoms with E-state index in [0.717, 1.165) is 73.1 Å². The van der Waals surface area contributed by atoms with Gasteiger partial charge in [0.1, 0.15) is 11.5 Å². The minimum atomic E-state index is -0.790. The Kier molecular flexibility index (Phi) is 8.68. The third-order valence-electron chi connectivity index (χ3n) is 10.6. The number of Topliss-reactive ketones (excluding diaryl/α,β-unsaturated/α-hetero) is 1. The molecule has 1 saturated carbocycles. The maximum Gasteiger partial charge on any atom is 0.343 e. The molecule has 3 fully saturated rings. The Balaban J connectivity index is 0.908. The number of hydrogen-bond acceptors (Lipinski definition) is 12. The van der Waals surface area contributed by atoms with E-state index in [0.29, 0.717) is 34.9 Å². The quantitative estimate of drug-likeness (QED) is 0.201. The topological polar surface area (TPSA) is 183 Å². The molecule has 0 spiro atoms. The molecule has 0 radical (unpaired) electrons. The summed E-state index contributed by atoms with van der Waals surface area (Å²) in [7, 11) is 0. The Morgan fingerprint density at radius 3 is 2.36 bits per heavy atom. The fourth-order valence-corrected chi connectivity index (χ4v) is 7.83. The number of rotatable bonds is 8. The second-order valence-electron chi connectivity index (χ2n) is 13.9. The van der Waals surface area contributed by atoms with Gasteiger partial charge in [0.05, 0.1) is 35.1 Å². The van der Waals surface area contributed by atoms with Gasteiger partial charge < -0.3 is 10.2 Å². The molecule has 0 unspecified atom stereocenters. The monoisotopic (exact) mass is 718 g/mol. The first-order valence-electron chi connectivity index (χ1n) is 17.8. The van der Waals surface area contributed by atoms with Gasteiger partial charge in [-0.15, -0.1) is 0 Å². The SMILES string of the molecule is CC(=O)c1c(C)c2cnc(Nc3ccc(N4CCN(Cc5ccc6c(c5)C(=O)N(N5CCC(=O)NC5=O)C6=O)CC4)cn3)nc2n(C2CCCC2)c1=O. The van der Waals surface area contributed by atoms with Crippen LogP contribution in [0.15, 0.2) is 47.5 Å². The third-order valence-corrected chi connectivity index (χ3v) is 10.6. The van der Waals surface area contributed by atoms with Crippen LogP contribution in [0.3, 0.4) is 0 Å². The highest BCUT2D eigenvalue weighted by Gasteiger charge is 2.43. The molecule has 5 amide bonds. The average Bonchev–Trinajstić information content (AvgIpc) is 3.75. The molecule has 3 aromatic heterocycles. The van der Waals surface area contributed by atoms with Crippen LogP contribution in [0.1, 0.15) is 87.3 Å². The molecule has 16 heteroatoms. The van der Waals surface area contributed by atoms with E-state index in [-0.39, 0.29) is 47.0 Å². The smallest absolute Gasteiger partial charge is 0.343 e. The third kappa shape index (κ3) is 6.18. The second-order valence-corrected chi connectivity index (χ2v) is 13.9. The molecule has 16 nitrogen and oxygen atoms in total. The van der Waals surface area contributed by atoms with Crippen LogP contribution >= 0.6 is 0 Å². The number of nitrogens with zero attached hydrogens (tertiary/aromatic N) is 8. The highest BCUT2D eigenvalue weighted by Crippen LogP contribution is 2.32. The summed E-state index contributed by atoms with van der Waals surface area (Å²) in [6, 6.07) is 8.21. The Labute approximate surface area is 303 Å². The van der Waals surface area contributed by atoms with E-state index in [1.165, 1.54) is 6.92 Å². The van der Waals surface area contributed by atoms with Gasteiger partial charge in [0.15, 0.2) is 5.78 Å². The number of hydrogen-bond donors (Lipinski definition) is 2. The van der Waals surface area contributed by atoms with Gasteiger partial charge in [-0.25, -0.2) is 19.8 Å². The lowest BCUT2D eigenvalue weighted by atomic mass is 10.0. The lowest BCUT2D eigenvalue weighted by Gasteiger charge is -2.36. The van der Waals surface area contributed by atoms with Crippen molar-refractivity contribution in [1.29, 1.82) is 0 Å². The van der Waals surface area contributed by atoms with Crippen LogP contribution in [0.2, 0.25) is 0 Å². The Bertz CT molecular complexity index is 2260. The van der Waals surface area contributed by atoms with E-state index >= 15 is 0 Å². The van der Waals surface area contributed by atoms with Gasteiger partial charge in [0.2, 0.25) is 11.9 Å². The molecule has 2 N–H and O–H groups in total. The molecular weight excluding hydrogens is 680 g/mol. The number of hydrazine groups is 1. The summed E-state index contributed by atoms with van der Waals surface area (Å²) in [4.78, 5) is 94.5. The van der Waals surface area contributed by atoms with Crippen LogP contribution in [-0.4, -0.2) is 96.7 Å². The molecule has 1 aromatic carbocycles. The van der Waals surface area contributed by atoms with Crippen LogP contribution in [0.4, 0.5) is 22.2 Å². The van der Waals surface area contributed by atoms with E-state index in [1.807, 2.05) is 18.2 Å². The van der Waals surface area contributed by atoms with Crippen LogP contribution in [0.25, 0.3) is 11.0 Å². The van der Waals surface area contributed by atoms with E-state index in [1.54, 1.807) is 36.0 Å². The zero-order valence-corrected chi connectivity index (χ0v) is 29.4. The Morgan fingerprint density at radius 2 is 1.66 bits per heavy atom. The molecule has 1 aliphatic carbocycles. The number of benzene rings is 1. The zero-order chi connectivity index (χ0) is 37.0. The number of pyridine rings is 2. The maximum atomic E-state index is 13.5. The van der Waals surface area contributed by atoms with Gasteiger partial charge in [-0.3, -0.25) is 38.8 Å². The Hall–Kier alpha value is -6.03. The number of urea groups is 1. The van der Waals surface area contributed by atoms with Crippen LogP contribution in [-0.2, 0) is 11.3 Å². The molecule has 4 aliphatic rings. The number of fused-ring (bicyclic) bond motifs is 2. The van der Waals surface area contributed by atoms with Crippen molar-refractivity contribution in [3.05, 3.63) is 80.9 Å². The van der Waals surface area contributed by atoms with E-state index in [2.05, 4.69) is 30.4 Å². The van der Waals surface area contributed by atoms with Crippen LogP contribution in [0.5, 0.6) is 0 Å². The van der Waals surface area contributed by atoms with Gasteiger partial charge in [0.25, 0.3) is 17.4 Å². The molecule has 3 aliphatic heterocycles. The fourth-order valence-electron chi connectivity index (χ4n) is 7.83. The van der Waals surface area contributed by atoms with Crippen molar-refractivity contribution in [2.24, 2.45) is 0 Å². The van der Waals surface area contributed by atoms with Crippen molar-refractivity contribution in [3.63, 3.8) is 0 Å². The van der Waals surface area contributed by atoms with Crippen LogP contribution < -0.4 is 21.1 Å². The first kappa shape index (κ1) is 34.1. The number of carbonyl (C=O) groups excluding carboxylic acids is 5. The predicted molar refractivity (Wildman–Crippen MR) is 193 cm³/mol. The van der Waals surface area contributed by atoms with Gasteiger partial charge >= 0.3 is 6.03 Å². The molecule has 272 valence electrons. The normalized spacial score (nSPS) is 18.3. The molecule has 6 heterocycles. The summed E-state index contributed by atoms with van der Waals surface area (Å²) in [6.07, 6.45) is 7.24. The highest BCUT2D eigenvalue weighted by molar-refractivity contribution is 6.22. The number of carbonyl (C=O) groups is 5. The summed E-state index contributed by atoms with van der Waals surface area (Å²) < 4.78 is 1.69. The van der Waals surface area contributed by atoms with Crippen LogP contribution in [0, 0.1) is 6.92 Å². The van der Waals surface area contributed by atoms with Gasteiger partial charge in [-0.1, -0.05) is 18.9 Å². The number of imide groups is 2. The lowest BCUT2D eigenvalue weighted by molar-refractivity contribution is -0.122. The lowest BCUT2D eigenvalue weighted by Crippen LogP contribution is -2.58. The molecule has 0 bridgehead atoms. The van der Waals surface area contributed by atoms with Crippen molar-refractivity contribution < 1.29 is 24.0 Å². The molecule has 53 heavy (non-hydrogen) atoms. The van der Waals surface area contributed by atoms with Crippen molar-refractivity contribution in [1.82, 2.24) is 39.8 Å². The molecule has 2 saturated heterocycles. The predicted octanol–water partition coefficient (Wildman–Crippen LogP) is 3.33. The average molecular weight is 719 g/mol. The zero-order valence-electron chi connectivity index (χ0n) is 29.4. The number of ketones is 1. The maximum absolute atomic E-state index is 13.5. The molecular formula is C37H38N10O6. The number of anilines is 3. The molecule has 0 atom stereocenters. The Morgan fingerprint density at radius 1 is 0.906 bits per heavy atom. The van der Waals surface area contributed by atoms with E-state index < -0.39 is 23.8 Å².